The number of carbonyl (C=O) groups is 1. The van der Waals surface area contributed by atoms with Gasteiger partial charge in [-0.05, 0) is 24.1 Å². The fourth-order valence-corrected chi connectivity index (χ4v) is 2.49. The monoisotopic (exact) mass is 327 g/mol. The van der Waals surface area contributed by atoms with E-state index >= 15 is 0 Å². The van der Waals surface area contributed by atoms with E-state index < -0.39 is 0 Å². The Morgan fingerprint density at radius 2 is 2.19 bits per heavy atom. The van der Waals surface area contributed by atoms with Crippen molar-refractivity contribution in [1.29, 1.82) is 0 Å². The van der Waals surface area contributed by atoms with Gasteiger partial charge in [-0.25, -0.2) is 4.98 Å². The van der Waals surface area contributed by atoms with E-state index in [-0.39, 0.29) is 5.91 Å². The van der Waals surface area contributed by atoms with Gasteiger partial charge in [-0.3, -0.25) is 4.79 Å². The van der Waals surface area contributed by atoms with Crippen molar-refractivity contribution in [3.05, 3.63) is 29.0 Å². The first-order valence-electron chi connectivity index (χ1n) is 6.98. The van der Waals surface area contributed by atoms with Crippen molar-refractivity contribution < 1.29 is 4.79 Å². The number of carbonyl (C=O) groups excluding carboxylic acids is 1. The molecule has 0 aliphatic heterocycles. The van der Waals surface area contributed by atoms with Crippen LogP contribution in [0, 0.1) is 5.92 Å². The quantitative estimate of drug-likeness (QED) is 0.824. The van der Waals surface area contributed by atoms with E-state index in [2.05, 4.69) is 24.1 Å². The third-order valence-electron chi connectivity index (χ3n) is 3.18. The predicted molar refractivity (Wildman–Crippen MR) is 86.8 cm³/mol. The van der Waals surface area contributed by atoms with Crippen molar-refractivity contribution in [3.8, 4) is 0 Å². The molecule has 4 nitrogen and oxygen atoms in total. The van der Waals surface area contributed by atoms with Gasteiger partial charge >= 0.3 is 0 Å². The lowest BCUT2D eigenvalue weighted by molar-refractivity contribution is -0.121. The molecular weight excluding hydrogens is 309 g/mol. The Morgan fingerprint density at radius 1 is 1.43 bits per heavy atom. The number of amides is 1. The molecule has 0 aliphatic rings. The van der Waals surface area contributed by atoms with Crippen LogP contribution in [0.4, 0.5) is 0 Å². The summed E-state index contributed by atoms with van der Waals surface area (Å²) in [6, 6.07) is 5.54. The Morgan fingerprint density at radius 3 is 2.86 bits per heavy atom. The molecule has 0 spiro atoms. The molecule has 0 aliphatic carbocycles. The molecule has 1 heterocycles. The first-order valence-corrected chi connectivity index (χ1v) is 7.90. The molecule has 0 fully saturated rings. The number of rotatable bonds is 6. The molecule has 1 N–H and O–H groups in total. The number of nitrogens with one attached hydrogen (secondary N) is 1. The smallest absolute Gasteiger partial charge is 0.221 e. The molecule has 0 radical (unpaired) electrons. The van der Waals surface area contributed by atoms with Crippen molar-refractivity contribution in [1.82, 2.24) is 14.9 Å². The fourth-order valence-electron chi connectivity index (χ4n) is 2.12. The highest BCUT2D eigenvalue weighted by Crippen LogP contribution is 2.21. The Balaban J connectivity index is 2.12. The van der Waals surface area contributed by atoms with E-state index in [0.29, 0.717) is 36.3 Å². The van der Waals surface area contributed by atoms with Crippen LogP contribution in [0.15, 0.2) is 18.2 Å². The lowest BCUT2D eigenvalue weighted by Crippen LogP contribution is -2.28. The molecular formula is C15H19Cl2N3O. The van der Waals surface area contributed by atoms with Gasteiger partial charge in [0.25, 0.3) is 0 Å². The largest absolute Gasteiger partial charge is 0.356 e. The Labute approximate surface area is 134 Å². The maximum atomic E-state index is 11.8. The van der Waals surface area contributed by atoms with Crippen molar-refractivity contribution in [2.45, 2.75) is 32.7 Å². The van der Waals surface area contributed by atoms with Gasteiger partial charge in [0.15, 0.2) is 0 Å². The van der Waals surface area contributed by atoms with Gasteiger partial charge in [-0.15, -0.1) is 11.6 Å². The van der Waals surface area contributed by atoms with Crippen LogP contribution in [0.25, 0.3) is 11.0 Å². The second-order valence-corrected chi connectivity index (χ2v) is 6.10. The van der Waals surface area contributed by atoms with Crippen molar-refractivity contribution in [2.24, 2.45) is 5.92 Å². The highest BCUT2D eigenvalue weighted by atomic mass is 35.5. The van der Waals surface area contributed by atoms with Gasteiger partial charge in [-0.1, -0.05) is 25.4 Å². The summed E-state index contributed by atoms with van der Waals surface area (Å²) < 4.78 is 1.98. The average Bonchev–Trinajstić information content (AvgIpc) is 2.79. The molecule has 0 saturated heterocycles. The molecule has 0 atom stereocenters. The number of fused-ring (bicyclic) bond motifs is 1. The zero-order valence-corrected chi connectivity index (χ0v) is 13.7. The summed E-state index contributed by atoms with van der Waals surface area (Å²) >= 11 is 11.9. The first-order chi connectivity index (χ1) is 10.0. The molecule has 6 heteroatoms. The predicted octanol–water partition coefficient (Wildman–Crippen LogP) is 3.59. The van der Waals surface area contributed by atoms with Gasteiger partial charge in [0.1, 0.15) is 5.82 Å². The number of benzene rings is 1. The molecule has 2 aromatic rings. The van der Waals surface area contributed by atoms with Crippen LogP contribution >= 0.6 is 23.2 Å². The normalized spacial score (nSPS) is 11.3. The summed E-state index contributed by atoms with van der Waals surface area (Å²) in [5, 5.41) is 3.55. The van der Waals surface area contributed by atoms with Gasteiger partial charge in [0.2, 0.25) is 5.91 Å². The fraction of sp³-hybridized carbons (Fsp3) is 0.467. The SMILES string of the molecule is CC(C)CNC(=O)CCn1c(CCl)nc2cc(Cl)ccc21. The lowest BCUT2D eigenvalue weighted by atomic mass is 10.2. The molecule has 21 heavy (non-hydrogen) atoms. The summed E-state index contributed by atoms with van der Waals surface area (Å²) in [5.74, 6) is 1.55. The van der Waals surface area contributed by atoms with Crippen LogP contribution in [-0.4, -0.2) is 22.0 Å². The van der Waals surface area contributed by atoms with E-state index in [9.17, 15) is 4.79 Å². The second-order valence-electron chi connectivity index (χ2n) is 5.39. The number of hydrogen-bond donors (Lipinski definition) is 1. The number of halogens is 2. The maximum Gasteiger partial charge on any atom is 0.221 e. The van der Waals surface area contributed by atoms with Crippen molar-refractivity contribution >= 4 is 40.1 Å². The van der Waals surface area contributed by atoms with Crippen LogP contribution in [0.5, 0.6) is 0 Å². The molecule has 2 rings (SSSR count). The molecule has 1 aromatic carbocycles. The van der Waals surface area contributed by atoms with Crippen LogP contribution < -0.4 is 5.32 Å². The Kier molecular flexibility index (Phi) is 5.48. The van der Waals surface area contributed by atoms with Crippen LogP contribution in [-0.2, 0) is 17.2 Å². The van der Waals surface area contributed by atoms with E-state index in [1.54, 1.807) is 0 Å². The molecule has 1 aromatic heterocycles. The minimum Gasteiger partial charge on any atom is -0.356 e. The zero-order valence-electron chi connectivity index (χ0n) is 12.2. The topological polar surface area (TPSA) is 46.9 Å². The number of aryl methyl sites for hydroxylation is 1. The van der Waals surface area contributed by atoms with Crippen molar-refractivity contribution in [3.63, 3.8) is 0 Å². The summed E-state index contributed by atoms with van der Waals surface area (Å²) in [6.07, 6.45) is 0.407. The first kappa shape index (κ1) is 16.1. The summed E-state index contributed by atoms with van der Waals surface area (Å²) in [4.78, 5) is 16.3. The highest BCUT2D eigenvalue weighted by molar-refractivity contribution is 6.31. The van der Waals surface area contributed by atoms with Crippen LogP contribution in [0.2, 0.25) is 5.02 Å². The molecule has 0 bridgehead atoms. The zero-order chi connectivity index (χ0) is 15.4. The molecule has 0 saturated carbocycles. The van der Waals surface area contributed by atoms with Gasteiger partial charge in [-0.2, -0.15) is 0 Å². The Bertz CT molecular complexity index is 637. The third-order valence-corrected chi connectivity index (χ3v) is 3.65. The van der Waals surface area contributed by atoms with Gasteiger partial charge in [0.05, 0.1) is 16.9 Å². The summed E-state index contributed by atoms with van der Waals surface area (Å²) in [5.41, 5.74) is 1.76. The van der Waals surface area contributed by atoms with E-state index in [1.165, 1.54) is 0 Å². The van der Waals surface area contributed by atoms with Crippen LogP contribution in [0.1, 0.15) is 26.1 Å². The van der Waals surface area contributed by atoms with Gasteiger partial charge < -0.3 is 9.88 Å². The summed E-state index contributed by atoms with van der Waals surface area (Å²) in [7, 11) is 0. The summed E-state index contributed by atoms with van der Waals surface area (Å²) in [6.45, 7) is 5.39. The Hall–Kier alpha value is -1.26. The minimum absolute atomic E-state index is 0.0417. The van der Waals surface area contributed by atoms with E-state index in [0.717, 1.165) is 16.9 Å². The lowest BCUT2D eigenvalue weighted by Gasteiger charge is -2.10. The highest BCUT2D eigenvalue weighted by Gasteiger charge is 2.12. The average molecular weight is 328 g/mol. The number of nitrogens with zero attached hydrogens (tertiary/aromatic N) is 2. The minimum atomic E-state index is 0.0417. The van der Waals surface area contributed by atoms with Crippen molar-refractivity contribution in [2.75, 3.05) is 6.54 Å². The third kappa shape index (κ3) is 4.11. The number of imidazole rings is 1. The number of aromatic nitrogens is 2. The number of alkyl halides is 1. The van der Waals surface area contributed by atoms with Crippen LogP contribution in [0.3, 0.4) is 0 Å². The van der Waals surface area contributed by atoms with E-state index in [1.807, 2.05) is 22.8 Å². The molecule has 114 valence electrons. The maximum absolute atomic E-state index is 11.8. The standard InChI is InChI=1S/C15H19Cl2N3O/c1-10(2)9-18-15(21)5-6-20-13-4-3-11(17)7-12(13)19-14(20)8-16/h3-4,7,10H,5-6,8-9H2,1-2H3,(H,18,21). The van der Waals surface area contributed by atoms with Gasteiger partial charge in [0, 0.05) is 24.5 Å². The second kappa shape index (κ2) is 7.14. The molecule has 0 unspecified atom stereocenters. The molecule has 1 amide bonds. The van der Waals surface area contributed by atoms with E-state index in [4.69, 9.17) is 23.2 Å². The number of hydrogen-bond acceptors (Lipinski definition) is 2.